The average molecular weight is 245 g/mol. The van der Waals surface area contributed by atoms with Crippen molar-refractivity contribution in [3.8, 4) is 0 Å². The van der Waals surface area contributed by atoms with E-state index in [0.717, 1.165) is 0 Å². The fourth-order valence-corrected chi connectivity index (χ4v) is 2.35. The zero-order chi connectivity index (χ0) is 11.1. The minimum absolute atomic E-state index is 0.299. The second-order valence-corrected chi connectivity index (χ2v) is 4.75. The van der Waals surface area contributed by atoms with Crippen LogP contribution in [0.5, 0.6) is 0 Å². The minimum Gasteiger partial charge on any atom is -0.189 e. The second-order valence-electron chi connectivity index (χ2n) is 3.03. The van der Waals surface area contributed by atoms with Crippen molar-refractivity contribution in [2.75, 3.05) is 0 Å². The van der Waals surface area contributed by atoms with Crippen LogP contribution in [0.4, 0.5) is 3.89 Å². The van der Waals surface area contributed by atoms with Gasteiger partial charge in [-0.05, 0) is 12.1 Å². The van der Waals surface area contributed by atoms with Gasteiger partial charge in [0.25, 0.3) is 0 Å². The van der Waals surface area contributed by atoms with Crippen LogP contribution >= 0.6 is 11.6 Å². The summed E-state index contributed by atoms with van der Waals surface area (Å²) >= 11 is 5.86. The van der Waals surface area contributed by atoms with Crippen LogP contribution in [0.2, 0.25) is 5.02 Å². The fourth-order valence-electron chi connectivity index (χ4n) is 1.45. The van der Waals surface area contributed by atoms with Crippen molar-refractivity contribution in [3.63, 3.8) is 0 Å². The largest absolute Gasteiger partial charge is 0.332 e. The van der Waals surface area contributed by atoms with E-state index in [9.17, 15) is 12.3 Å². The van der Waals surface area contributed by atoms with Crippen molar-refractivity contribution >= 4 is 32.6 Å². The highest BCUT2D eigenvalue weighted by Gasteiger charge is 2.16. The van der Waals surface area contributed by atoms with Crippen molar-refractivity contribution in [2.45, 2.75) is 4.90 Å². The molecule has 0 aliphatic rings. The van der Waals surface area contributed by atoms with Crippen molar-refractivity contribution in [1.29, 1.82) is 0 Å². The third-order valence-electron chi connectivity index (χ3n) is 2.09. The van der Waals surface area contributed by atoms with Gasteiger partial charge in [-0.1, -0.05) is 35.9 Å². The van der Waals surface area contributed by atoms with Gasteiger partial charge in [-0.15, -0.1) is 3.89 Å². The Balaban J connectivity index is 2.96. The van der Waals surface area contributed by atoms with Gasteiger partial charge in [0.2, 0.25) is 0 Å². The van der Waals surface area contributed by atoms with Crippen molar-refractivity contribution in [1.82, 2.24) is 0 Å². The molecule has 5 heteroatoms. The predicted molar refractivity (Wildman–Crippen MR) is 57.3 cm³/mol. The molecule has 0 aliphatic carbocycles. The molecule has 15 heavy (non-hydrogen) atoms. The van der Waals surface area contributed by atoms with Crippen LogP contribution in [0.25, 0.3) is 10.8 Å². The molecule has 0 aromatic heterocycles. The molecule has 2 nitrogen and oxygen atoms in total. The summed E-state index contributed by atoms with van der Waals surface area (Å²) < 4.78 is 34.6. The molecule has 2 aromatic carbocycles. The maximum absolute atomic E-state index is 12.9. The molecule has 0 amide bonds. The van der Waals surface area contributed by atoms with E-state index in [4.69, 9.17) is 11.6 Å². The van der Waals surface area contributed by atoms with E-state index in [1.165, 1.54) is 18.2 Å². The van der Waals surface area contributed by atoms with Gasteiger partial charge in [-0.3, -0.25) is 0 Å². The second kappa shape index (κ2) is 3.47. The zero-order valence-electron chi connectivity index (χ0n) is 7.44. The number of fused-ring (bicyclic) bond motifs is 1. The summed E-state index contributed by atoms with van der Waals surface area (Å²) in [5, 5.41) is 1.23. The Morgan fingerprint density at radius 3 is 2.20 bits per heavy atom. The van der Waals surface area contributed by atoms with Gasteiger partial charge in [-0.25, -0.2) is 0 Å². The molecule has 78 valence electrons. The smallest absolute Gasteiger partial charge is 0.189 e. The highest BCUT2D eigenvalue weighted by atomic mass is 35.5. The lowest BCUT2D eigenvalue weighted by atomic mass is 10.1. The molecule has 0 heterocycles. The number of halogens is 2. The van der Waals surface area contributed by atoms with Crippen LogP contribution in [-0.4, -0.2) is 8.42 Å². The van der Waals surface area contributed by atoms with E-state index in [1.807, 2.05) is 0 Å². The normalized spacial score (nSPS) is 11.9. The molecule has 0 bridgehead atoms. The molecular formula is C10H6ClFO2S. The third kappa shape index (κ3) is 1.82. The molecular weight excluding hydrogens is 239 g/mol. The zero-order valence-corrected chi connectivity index (χ0v) is 9.02. The fraction of sp³-hybridized carbons (Fsp3) is 0. The summed E-state index contributed by atoms with van der Waals surface area (Å²) in [6, 6.07) is 9.05. The van der Waals surface area contributed by atoms with Crippen LogP contribution in [-0.2, 0) is 10.2 Å². The van der Waals surface area contributed by atoms with Gasteiger partial charge >= 0.3 is 10.2 Å². The van der Waals surface area contributed by atoms with E-state index in [0.29, 0.717) is 15.8 Å². The lowest BCUT2D eigenvalue weighted by Gasteiger charge is -2.03. The molecule has 2 rings (SSSR count). The van der Waals surface area contributed by atoms with Gasteiger partial charge in [-0.2, -0.15) is 8.42 Å². The molecule has 2 aromatic rings. The Kier molecular flexibility index (Phi) is 2.40. The first-order valence-electron chi connectivity index (χ1n) is 4.12. The van der Waals surface area contributed by atoms with Crippen molar-refractivity contribution in [2.24, 2.45) is 0 Å². The topological polar surface area (TPSA) is 34.1 Å². The maximum atomic E-state index is 12.9. The van der Waals surface area contributed by atoms with Crippen LogP contribution in [0, 0.1) is 0 Å². The standard InChI is InChI=1S/C10H6ClFO2S/c11-9-5-6-10(15(12,13)14)8-4-2-1-3-7(8)9/h1-6H. The van der Waals surface area contributed by atoms with Crippen LogP contribution in [0.3, 0.4) is 0 Å². The van der Waals surface area contributed by atoms with E-state index in [1.54, 1.807) is 18.2 Å². The summed E-state index contributed by atoms with van der Waals surface area (Å²) in [5.74, 6) is 0. The lowest BCUT2D eigenvalue weighted by molar-refractivity contribution is 0.553. The first kappa shape index (κ1) is 10.4. The van der Waals surface area contributed by atoms with Crippen molar-refractivity contribution in [3.05, 3.63) is 41.4 Å². The summed E-state index contributed by atoms with van der Waals surface area (Å²) in [7, 11) is -4.70. The maximum Gasteiger partial charge on any atom is 0.332 e. The Bertz CT molecular complexity index is 622. The van der Waals surface area contributed by atoms with E-state index in [-0.39, 0.29) is 4.90 Å². The molecule has 0 N–H and O–H groups in total. The molecule has 0 spiro atoms. The van der Waals surface area contributed by atoms with Gasteiger partial charge in [0, 0.05) is 15.8 Å². The molecule has 0 aliphatic heterocycles. The summed E-state index contributed by atoms with van der Waals surface area (Å²) in [4.78, 5) is -0.345. The average Bonchev–Trinajstić information content (AvgIpc) is 2.17. The first-order chi connectivity index (χ1) is 7.00. The Morgan fingerprint density at radius 1 is 1.00 bits per heavy atom. The quantitative estimate of drug-likeness (QED) is 0.722. The van der Waals surface area contributed by atoms with Gasteiger partial charge < -0.3 is 0 Å². The van der Waals surface area contributed by atoms with Crippen LogP contribution < -0.4 is 0 Å². The third-order valence-corrected chi connectivity index (χ3v) is 3.30. The monoisotopic (exact) mass is 244 g/mol. The predicted octanol–water partition coefficient (Wildman–Crippen LogP) is 3.15. The number of benzene rings is 2. The first-order valence-corrected chi connectivity index (χ1v) is 5.88. The number of hydrogen-bond acceptors (Lipinski definition) is 2. The molecule has 0 fully saturated rings. The molecule has 0 saturated carbocycles. The minimum atomic E-state index is -4.70. The van der Waals surface area contributed by atoms with Crippen molar-refractivity contribution < 1.29 is 12.3 Å². The van der Waals surface area contributed by atoms with Crippen LogP contribution in [0.15, 0.2) is 41.3 Å². The SMILES string of the molecule is O=S(=O)(F)c1ccc(Cl)c2ccccc12. The highest BCUT2D eigenvalue weighted by molar-refractivity contribution is 7.86. The van der Waals surface area contributed by atoms with Gasteiger partial charge in [0.1, 0.15) is 4.90 Å². The highest BCUT2D eigenvalue weighted by Crippen LogP contribution is 2.29. The molecule has 0 atom stereocenters. The van der Waals surface area contributed by atoms with Gasteiger partial charge in [0.15, 0.2) is 0 Å². The van der Waals surface area contributed by atoms with E-state index < -0.39 is 10.2 Å². The summed E-state index contributed by atoms with van der Waals surface area (Å²) in [5.41, 5.74) is 0. The Labute approximate surface area is 91.5 Å². The molecule has 0 unspecified atom stereocenters. The van der Waals surface area contributed by atoms with E-state index in [2.05, 4.69) is 0 Å². The van der Waals surface area contributed by atoms with Crippen LogP contribution in [0.1, 0.15) is 0 Å². The lowest BCUT2D eigenvalue weighted by Crippen LogP contribution is -1.93. The Hall–Kier alpha value is -1.13. The Morgan fingerprint density at radius 2 is 1.60 bits per heavy atom. The summed E-state index contributed by atoms with van der Waals surface area (Å²) in [6.07, 6.45) is 0. The van der Waals surface area contributed by atoms with Gasteiger partial charge in [0.05, 0.1) is 0 Å². The summed E-state index contributed by atoms with van der Waals surface area (Å²) in [6.45, 7) is 0. The van der Waals surface area contributed by atoms with E-state index >= 15 is 0 Å². The number of rotatable bonds is 1. The molecule has 0 saturated heterocycles. The molecule has 0 radical (unpaired) electrons. The number of hydrogen-bond donors (Lipinski definition) is 0.